The summed E-state index contributed by atoms with van der Waals surface area (Å²) < 4.78 is 58.6. The maximum atomic E-state index is 14.9. The van der Waals surface area contributed by atoms with E-state index < -0.39 is 40.8 Å². The van der Waals surface area contributed by atoms with Crippen molar-refractivity contribution >= 4 is 5.78 Å². The van der Waals surface area contributed by atoms with E-state index in [2.05, 4.69) is 0 Å². The van der Waals surface area contributed by atoms with Crippen molar-refractivity contribution in [1.29, 1.82) is 0 Å². The van der Waals surface area contributed by atoms with Crippen LogP contribution in [-0.2, 0) is 4.79 Å². The Balaban J connectivity index is 1.79. The zero-order valence-electron chi connectivity index (χ0n) is 13.9. The largest absolute Gasteiger partial charge is 0.290 e. The fraction of sp³-hybridized carbons (Fsp3) is 0.737. The molecular formula is C19H22F4O. The van der Waals surface area contributed by atoms with Gasteiger partial charge in [-0.05, 0) is 49.2 Å². The van der Waals surface area contributed by atoms with E-state index in [1.165, 1.54) is 6.08 Å². The molecule has 5 atom stereocenters. The second-order valence-corrected chi connectivity index (χ2v) is 8.56. The molecule has 0 aromatic heterocycles. The van der Waals surface area contributed by atoms with Crippen molar-refractivity contribution in [3.05, 3.63) is 23.8 Å². The Hall–Kier alpha value is -1.13. The van der Waals surface area contributed by atoms with E-state index in [-0.39, 0.29) is 23.8 Å². The van der Waals surface area contributed by atoms with Gasteiger partial charge in [0.1, 0.15) is 0 Å². The van der Waals surface area contributed by atoms with Gasteiger partial charge < -0.3 is 0 Å². The number of hydrogen-bond donors (Lipinski definition) is 0. The van der Waals surface area contributed by atoms with Crippen LogP contribution >= 0.6 is 0 Å². The van der Waals surface area contributed by atoms with Gasteiger partial charge in [0.2, 0.25) is 0 Å². The lowest BCUT2D eigenvalue weighted by molar-refractivity contribution is -0.167. The highest BCUT2D eigenvalue weighted by molar-refractivity contribution is 6.01. The molecule has 4 rings (SSSR count). The summed E-state index contributed by atoms with van der Waals surface area (Å²) in [6, 6.07) is 0. The molecular weight excluding hydrogens is 320 g/mol. The van der Waals surface area contributed by atoms with Gasteiger partial charge in [-0.3, -0.25) is 4.79 Å². The summed E-state index contributed by atoms with van der Waals surface area (Å²) in [6.45, 7) is 3.34. The van der Waals surface area contributed by atoms with Gasteiger partial charge in [0.15, 0.2) is 5.78 Å². The first kappa shape index (κ1) is 16.3. The zero-order valence-corrected chi connectivity index (χ0v) is 13.9. The van der Waals surface area contributed by atoms with Crippen LogP contribution in [0.1, 0.15) is 46.0 Å². The normalized spacial score (nSPS) is 48.3. The molecule has 132 valence electrons. The molecule has 0 N–H and O–H groups in total. The third kappa shape index (κ3) is 1.84. The van der Waals surface area contributed by atoms with Gasteiger partial charge in [0, 0.05) is 29.2 Å². The van der Waals surface area contributed by atoms with E-state index in [0.717, 1.165) is 6.08 Å². The van der Waals surface area contributed by atoms with Crippen LogP contribution in [0.15, 0.2) is 23.8 Å². The number of alkyl halides is 4. The van der Waals surface area contributed by atoms with Crippen molar-refractivity contribution in [2.45, 2.75) is 57.8 Å². The predicted molar refractivity (Wildman–Crippen MR) is 81.9 cm³/mol. The second-order valence-electron chi connectivity index (χ2n) is 8.56. The number of fused-ring (bicyclic) bond motifs is 5. The molecule has 0 aliphatic heterocycles. The number of hydrogen-bond acceptors (Lipinski definition) is 1. The van der Waals surface area contributed by atoms with Crippen LogP contribution in [-0.4, -0.2) is 17.6 Å². The van der Waals surface area contributed by atoms with E-state index >= 15 is 0 Å². The van der Waals surface area contributed by atoms with Crippen LogP contribution in [0, 0.1) is 28.6 Å². The van der Waals surface area contributed by atoms with Crippen LogP contribution in [0.5, 0.6) is 0 Å². The molecule has 0 unspecified atom stereocenters. The molecule has 4 aliphatic carbocycles. The monoisotopic (exact) mass is 342 g/mol. The maximum Gasteiger partial charge on any atom is 0.270 e. The lowest BCUT2D eigenvalue weighted by atomic mass is 9.47. The van der Waals surface area contributed by atoms with Crippen molar-refractivity contribution < 1.29 is 22.4 Å². The summed E-state index contributed by atoms with van der Waals surface area (Å²) in [5.41, 5.74) is -2.19. The minimum Gasteiger partial charge on any atom is -0.290 e. The third-order valence-corrected chi connectivity index (χ3v) is 7.55. The molecule has 24 heavy (non-hydrogen) atoms. The Kier molecular flexibility index (Phi) is 3.08. The van der Waals surface area contributed by atoms with Gasteiger partial charge in [-0.2, -0.15) is 0 Å². The minimum absolute atomic E-state index is 0.0975. The van der Waals surface area contributed by atoms with Crippen LogP contribution in [0.25, 0.3) is 0 Å². The van der Waals surface area contributed by atoms with E-state index in [1.807, 2.05) is 0 Å². The van der Waals surface area contributed by atoms with Crippen molar-refractivity contribution in [3.8, 4) is 0 Å². The SMILES string of the molecule is C[C@]12C=CC(=O)C=C1C(F)(F)C[C@@H]1[C@@H]2CC[C@@]2(C)[C@H]1CCC2(F)F. The fourth-order valence-corrected chi connectivity index (χ4v) is 6.17. The highest BCUT2D eigenvalue weighted by atomic mass is 19.3. The van der Waals surface area contributed by atoms with Crippen LogP contribution in [0.4, 0.5) is 17.6 Å². The Morgan fingerprint density at radius 3 is 2.42 bits per heavy atom. The quantitative estimate of drug-likeness (QED) is 0.555. The summed E-state index contributed by atoms with van der Waals surface area (Å²) in [5, 5.41) is 0. The highest BCUT2D eigenvalue weighted by Gasteiger charge is 2.68. The summed E-state index contributed by atoms with van der Waals surface area (Å²) in [7, 11) is 0. The first-order valence-corrected chi connectivity index (χ1v) is 8.73. The summed E-state index contributed by atoms with van der Waals surface area (Å²) in [6.07, 6.45) is 4.63. The van der Waals surface area contributed by atoms with Crippen molar-refractivity contribution in [2.24, 2.45) is 28.6 Å². The average Bonchev–Trinajstić information content (AvgIpc) is 2.71. The first-order chi connectivity index (χ1) is 11.0. The van der Waals surface area contributed by atoms with Gasteiger partial charge in [-0.1, -0.05) is 19.9 Å². The topological polar surface area (TPSA) is 17.1 Å². The molecule has 0 aromatic carbocycles. The lowest BCUT2D eigenvalue weighted by Gasteiger charge is -2.58. The number of carbonyl (C=O) groups excluding carboxylic acids is 1. The number of rotatable bonds is 0. The van der Waals surface area contributed by atoms with E-state index in [4.69, 9.17) is 0 Å². The zero-order chi connectivity index (χ0) is 17.5. The molecule has 3 saturated carbocycles. The molecule has 0 aromatic rings. The van der Waals surface area contributed by atoms with Crippen molar-refractivity contribution in [1.82, 2.24) is 0 Å². The van der Waals surface area contributed by atoms with E-state index in [0.29, 0.717) is 19.3 Å². The first-order valence-electron chi connectivity index (χ1n) is 8.73. The highest BCUT2D eigenvalue weighted by Crippen LogP contribution is 2.69. The molecule has 0 saturated heterocycles. The molecule has 5 heteroatoms. The molecule has 1 nitrogen and oxygen atoms in total. The summed E-state index contributed by atoms with van der Waals surface area (Å²) in [5.74, 6) is -7.18. The van der Waals surface area contributed by atoms with Gasteiger partial charge in [0.25, 0.3) is 11.8 Å². The number of halogens is 4. The molecule has 0 spiro atoms. The molecule has 0 heterocycles. The maximum absolute atomic E-state index is 14.9. The molecule has 0 amide bonds. The van der Waals surface area contributed by atoms with Crippen LogP contribution in [0.2, 0.25) is 0 Å². The van der Waals surface area contributed by atoms with E-state index in [1.54, 1.807) is 19.9 Å². The Morgan fingerprint density at radius 2 is 1.71 bits per heavy atom. The van der Waals surface area contributed by atoms with Gasteiger partial charge in [0.05, 0.1) is 0 Å². The van der Waals surface area contributed by atoms with Crippen LogP contribution < -0.4 is 0 Å². The number of ketones is 1. The standard InChI is InChI=1S/C19H22F4O/c1-16-6-3-11(24)9-15(16)18(20,21)10-12-13(16)4-7-17(2)14(12)5-8-19(17,22)23/h3,6,9,12-14H,4-5,7-8,10H2,1-2H3/t12-,13+,14+,16-,17+/m1/s1. The molecule has 4 aliphatic rings. The molecule has 0 radical (unpaired) electrons. The fourth-order valence-electron chi connectivity index (χ4n) is 6.17. The lowest BCUT2D eigenvalue weighted by Crippen LogP contribution is -2.56. The third-order valence-electron chi connectivity index (χ3n) is 7.55. The molecule has 0 bridgehead atoms. The van der Waals surface area contributed by atoms with E-state index in [9.17, 15) is 22.4 Å². The second kappa shape index (κ2) is 4.53. The van der Waals surface area contributed by atoms with Crippen molar-refractivity contribution in [3.63, 3.8) is 0 Å². The average molecular weight is 342 g/mol. The smallest absolute Gasteiger partial charge is 0.270 e. The summed E-state index contributed by atoms with van der Waals surface area (Å²) in [4.78, 5) is 11.6. The van der Waals surface area contributed by atoms with Crippen molar-refractivity contribution in [2.75, 3.05) is 0 Å². The summed E-state index contributed by atoms with van der Waals surface area (Å²) >= 11 is 0. The molecule has 3 fully saturated rings. The van der Waals surface area contributed by atoms with Gasteiger partial charge in [-0.25, -0.2) is 17.6 Å². The number of allylic oxidation sites excluding steroid dienone is 4. The van der Waals surface area contributed by atoms with Gasteiger partial charge >= 0.3 is 0 Å². The van der Waals surface area contributed by atoms with Crippen LogP contribution in [0.3, 0.4) is 0 Å². The minimum atomic E-state index is -3.10. The van der Waals surface area contributed by atoms with Gasteiger partial charge in [-0.15, -0.1) is 0 Å². The Labute approximate surface area is 139 Å². The Bertz CT molecular complexity index is 664. The Morgan fingerprint density at radius 1 is 1.04 bits per heavy atom. The number of carbonyl (C=O) groups is 1. The predicted octanol–water partition coefficient (Wildman–Crippen LogP) is 5.17.